The standard InChI is InChI=1S/C17H18Cl2N6O/c1-3-20-16-11-8-21-15(7-14(11)24-25-16)23-17(26)22-9(2)10-4-5-12(18)13(19)6-10/h4-9H,3H2,1-2H3,(H2,20,24,25)(H2,21,22,23,26). The van der Waals surface area contributed by atoms with Crippen molar-refractivity contribution in [3.8, 4) is 0 Å². The van der Waals surface area contributed by atoms with Gasteiger partial charge in [0.25, 0.3) is 0 Å². The minimum atomic E-state index is -0.373. The highest BCUT2D eigenvalue weighted by molar-refractivity contribution is 6.42. The summed E-state index contributed by atoms with van der Waals surface area (Å²) in [5.41, 5.74) is 1.63. The Labute approximate surface area is 160 Å². The van der Waals surface area contributed by atoms with Crippen molar-refractivity contribution in [1.82, 2.24) is 20.5 Å². The van der Waals surface area contributed by atoms with Crippen LogP contribution in [0.15, 0.2) is 30.5 Å². The van der Waals surface area contributed by atoms with Crippen LogP contribution in [0.4, 0.5) is 16.4 Å². The summed E-state index contributed by atoms with van der Waals surface area (Å²) < 4.78 is 0. The van der Waals surface area contributed by atoms with Crippen LogP contribution >= 0.6 is 23.2 Å². The molecule has 2 heterocycles. The van der Waals surface area contributed by atoms with Crippen molar-refractivity contribution in [3.63, 3.8) is 0 Å². The smallest absolute Gasteiger partial charge is 0.320 e. The zero-order valence-electron chi connectivity index (χ0n) is 14.2. The topological polar surface area (TPSA) is 94.7 Å². The average molecular weight is 393 g/mol. The Bertz CT molecular complexity index is 942. The van der Waals surface area contributed by atoms with Crippen molar-refractivity contribution in [1.29, 1.82) is 0 Å². The van der Waals surface area contributed by atoms with Crippen molar-refractivity contribution >= 4 is 51.8 Å². The number of nitrogens with zero attached hydrogens (tertiary/aromatic N) is 2. The number of rotatable bonds is 5. The molecule has 26 heavy (non-hydrogen) atoms. The van der Waals surface area contributed by atoms with Gasteiger partial charge < -0.3 is 10.6 Å². The molecule has 0 spiro atoms. The summed E-state index contributed by atoms with van der Waals surface area (Å²) in [5, 5.41) is 17.6. The molecule has 0 saturated carbocycles. The number of fused-ring (bicyclic) bond motifs is 1. The molecule has 9 heteroatoms. The first kappa shape index (κ1) is 18.3. The Morgan fingerprint density at radius 1 is 1.27 bits per heavy atom. The third-order valence-electron chi connectivity index (χ3n) is 3.82. The number of aromatic amines is 1. The Morgan fingerprint density at radius 2 is 2.08 bits per heavy atom. The molecule has 0 radical (unpaired) electrons. The van der Waals surface area contributed by atoms with E-state index in [1.165, 1.54) is 0 Å². The number of hydrogen-bond acceptors (Lipinski definition) is 4. The van der Waals surface area contributed by atoms with E-state index in [4.69, 9.17) is 23.2 Å². The highest BCUT2D eigenvalue weighted by Crippen LogP contribution is 2.26. The van der Waals surface area contributed by atoms with E-state index in [0.29, 0.717) is 15.9 Å². The molecule has 0 fully saturated rings. The van der Waals surface area contributed by atoms with E-state index in [2.05, 4.69) is 31.1 Å². The number of amides is 2. The summed E-state index contributed by atoms with van der Waals surface area (Å²) in [6.45, 7) is 4.60. The summed E-state index contributed by atoms with van der Waals surface area (Å²) in [6, 6.07) is 6.35. The van der Waals surface area contributed by atoms with Crippen LogP contribution in [0.3, 0.4) is 0 Å². The predicted octanol–water partition coefficient (Wildman–Crippen LogP) is 4.58. The number of anilines is 2. The fraction of sp³-hybridized carbons (Fsp3) is 0.235. The number of carbonyl (C=O) groups is 1. The van der Waals surface area contributed by atoms with Gasteiger partial charge in [-0.1, -0.05) is 29.3 Å². The molecule has 0 aliphatic rings. The Kier molecular flexibility index (Phi) is 5.49. The lowest BCUT2D eigenvalue weighted by molar-refractivity contribution is 0.249. The number of pyridine rings is 1. The number of nitrogens with one attached hydrogen (secondary N) is 4. The van der Waals surface area contributed by atoms with Gasteiger partial charge >= 0.3 is 6.03 Å². The summed E-state index contributed by atoms with van der Waals surface area (Å²) in [6.07, 6.45) is 1.66. The molecular weight excluding hydrogens is 375 g/mol. The van der Waals surface area contributed by atoms with Gasteiger partial charge in [0.2, 0.25) is 0 Å². The van der Waals surface area contributed by atoms with E-state index in [0.717, 1.165) is 28.8 Å². The van der Waals surface area contributed by atoms with E-state index in [1.54, 1.807) is 24.4 Å². The highest BCUT2D eigenvalue weighted by atomic mass is 35.5. The number of aromatic nitrogens is 3. The Morgan fingerprint density at radius 3 is 2.81 bits per heavy atom. The van der Waals surface area contributed by atoms with Gasteiger partial charge in [-0.3, -0.25) is 10.4 Å². The summed E-state index contributed by atoms with van der Waals surface area (Å²) in [4.78, 5) is 16.5. The Hall–Kier alpha value is -2.51. The maximum atomic E-state index is 12.2. The zero-order valence-corrected chi connectivity index (χ0v) is 15.7. The lowest BCUT2D eigenvalue weighted by atomic mass is 10.1. The van der Waals surface area contributed by atoms with Gasteiger partial charge in [0.1, 0.15) is 5.82 Å². The van der Waals surface area contributed by atoms with Gasteiger partial charge in [-0.2, -0.15) is 5.10 Å². The maximum Gasteiger partial charge on any atom is 0.320 e. The second-order valence-electron chi connectivity index (χ2n) is 5.71. The van der Waals surface area contributed by atoms with Crippen LogP contribution in [0.25, 0.3) is 10.9 Å². The summed E-state index contributed by atoms with van der Waals surface area (Å²) >= 11 is 11.9. The van der Waals surface area contributed by atoms with Crippen LogP contribution in [-0.2, 0) is 0 Å². The molecule has 3 aromatic rings. The second-order valence-corrected chi connectivity index (χ2v) is 6.53. The lowest BCUT2D eigenvalue weighted by Gasteiger charge is -2.15. The number of hydrogen-bond donors (Lipinski definition) is 4. The molecule has 0 aliphatic heterocycles. The van der Waals surface area contributed by atoms with Crippen molar-refractivity contribution in [2.45, 2.75) is 19.9 Å². The number of carbonyl (C=O) groups excluding carboxylic acids is 1. The number of benzene rings is 1. The number of H-pyrrole nitrogens is 1. The highest BCUT2D eigenvalue weighted by Gasteiger charge is 2.13. The van der Waals surface area contributed by atoms with Crippen LogP contribution in [-0.4, -0.2) is 27.8 Å². The van der Waals surface area contributed by atoms with Gasteiger partial charge in [0.05, 0.1) is 27.0 Å². The maximum absolute atomic E-state index is 12.2. The number of halogens is 2. The molecule has 4 N–H and O–H groups in total. The van der Waals surface area contributed by atoms with E-state index >= 15 is 0 Å². The van der Waals surface area contributed by atoms with Gasteiger partial charge in [-0.15, -0.1) is 0 Å². The van der Waals surface area contributed by atoms with Crippen LogP contribution in [0.5, 0.6) is 0 Å². The second kappa shape index (κ2) is 7.80. The third kappa shape index (κ3) is 4.00. The van der Waals surface area contributed by atoms with Gasteiger partial charge in [-0.05, 0) is 31.5 Å². The molecule has 2 aromatic heterocycles. The van der Waals surface area contributed by atoms with Crippen LogP contribution in [0.1, 0.15) is 25.5 Å². The first-order valence-corrected chi connectivity index (χ1v) is 8.84. The van der Waals surface area contributed by atoms with Crippen LogP contribution < -0.4 is 16.0 Å². The number of urea groups is 1. The largest absolute Gasteiger partial charge is 0.368 e. The Balaban J connectivity index is 1.67. The first-order chi connectivity index (χ1) is 12.5. The molecule has 1 aromatic carbocycles. The zero-order chi connectivity index (χ0) is 18.7. The monoisotopic (exact) mass is 392 g/mol. The fourth-order valence-electron chi connectivity index (χ4n) is 2.50. The molecule has 2 amide bonds. The lowest BCUT2D eigenvalue weighted by Crippen LogP contribution is -2.31. The SMILES string of the molecule is CCNc1n[nH]c2cc(NC(=O)NC(C)c3ccc(Cl)c(Cl)c3)ncc12. The summed E-state index contributed by atoms with van der Waals surface area (Å²) in [7, 11) is 0. The van der Waals surface area contributed by atoms with E-state index in [1.807, 2.05) is 19.9 Å². The fourth-order valence-corrected chi connectivity index (χ4v) is 2.80. The van der Waals surface area contributed by atoms with Crippen molar-refractivity contribution in [2.75, 3.05) is 17.2 Å². The molecule has 3 rings (SSSR count). The molecular formula is C17H18Cl2N6O. The molecule has 7 nitrogen and oxygen atoms in total. The van der Waals surface area contributed by atoms with E-state index in [-0.39, 0.29) is 12.1 Å². The average Bonchev–Trinajstić information content (AvgIpc) is 3.00. The van der Waals surface area contributed by atoms with Gasteiger partial charge in [0.15, 0.2) is 5.82 Å². The van der Waals surface area contributed by atoms with Crippen molar-refractivity contribution in [3.05, 3.63) is 46.1 Å². The third-order valence-corrected chi connectivity index (χ3v) is 4.56. The normalized spacial score (nSPS) is 12.0. The van der Waals surface area contributed by atoms with E-state index < -0.39 is 0 Å². The molecule has 136 valence electrons. The van der Waals surface area contributed by atoms with E-state index in [9.17, 15) is 4.79 Å². The molecule has 0 saturated heterocycles. The van der Waals surface area contributed by atoms with Crippen LogP contribution in [0.2, 0.25) is 10.0 Å². The first-order valence-electron chi connectivity index (χ1n) is 8.08. The minimum Gasteiger partial charge on any atom is -0.368 e. The van der Waals surface area contributed by atoms with Crippen LogP contribution in [0, 0.1) is 0 Å². The minimum absolute atomic E-state index is 0.249. The molecule has 1 unspecified atom stereocenters. The summed E-state index contributed by atoms with van der Waals surface area (Å²) in [5.74, 6) is 1.15. The van der Waals surface area contributed by atoms with Gasteiger partial charge in [-0.25, -0.2) is 9.78 Å². The quantitative estimate of drug-likeness (QED) is 0.510. The van der Waals surface area contributed by atoms with Crippen molar-refractivity contribution < 1.29 is 4.79 Å². The molecule has 0 bridgehead atoms. The molecule has 0 aliphatic carbocycles. The van der Waals surface area contributed by atoms with Crippen molar-refractivity contribution in [2.24, 2.45) is 0 Å². The van der Waals surface area contributed by atoms with Gasteiger partial charge in [0, 0.05) is 18.8 Å². The molecule has 1 atom stereocenters. The predicted molar refractivity (Wildman–Crippen MR) is 105 cm³/mol.